The molecule has 2 aromatic carbocycles. The van der Waals surface area contributed by atoms with E-state index in [1.54, 1.807) is 22.9 Å². The minimum Gasteiger partial charge on any atom is -0.349 e. The number of benzene rings is 2. The highest BCUT2D eigenvalue weighted by molar-refractivity contribution is 6.06. The van der Waals surface area contributed by atoms with Gasteiger partial charge in [0.15, 0.2) is 0 Å². The van der Waals surface area contributed by atoms with E-state index in [1.807, 2.05) is 0 Å². The third kappa shape index (κ3) is 3.48. The number of hydrogen-bond acceptors (Lipinski definition) is 1. The van der Waals surface area contributed by atoms with Gasteiger partial charge in [-0.05, 0) is 55.2 Å². The molecule has 3 nitrogen and oxygen atoms in total. The predicted octanol–water partition coefficient (Wildman–Crippen LogP) is 5.13. The first kappa shape index (κ1) is 18.5. The highest BCUT2D eigenvalue weighted by atomic mass is 19.4. The monoisotopic (exact) mass is 390 g/mol. The van der Waals surface area contributed by atoms with Gasteiger partial charge in [0.05, 0.1) is 16.6 Å². The highest BCUT2D eigenvalue weighted by Gasteiger charge is 2.30. The number of carbonyl (C=O) groups excluding carboxylic acids is 1. The number of rotatable bonds is 4. The number of halogens is 4. The van der Waals surface area contributed by atoms with E-state index in [0.717, 1.165) is 31.4 Å². The Hall–Kier alpha value is -2.83. The van der Waals surface area contributed by atoms with Crippen LogP contribution in [0.3, 0.4) is 0 Å². The predicted molar refractivity (Wildman–Crippen MR) is 97.5 cm³/mol. The molecule has 0 aliphatic heterocycles. The summed E-state index contributed by atoms with van der Waals surface area (Å²) in [6, 6.07) is 9.51. The topological polar surface area (TPSA) is 34.0 Å². The maximum absolute atomic E-state index is 14.5. The molecule has 1 fully saturated rings. The number of amides is 1. The van der Waals surface area contributed by atoms with Gasteiger partial charge >= 0.3 is 6.18 Å². The third-order valence-electron chi connectivity index (χ3n) is 5.18. The van der Waals surface area contributed by atoms with Crippen molar-refractivity contribution in [3.63, 3.8) is 0 Å². The molecule has 1 aromatic heterocycles. The second kappa shape index (κ2) is 6.96. The molecule has 0 atom stereocenters. The first-order chi connectivity index (χ1) is 13.3. The van der Waals surface area contributed by atoms with E-state index in [0.29, 0.717) is 16.5 Å². The second-order valence-corrected chi connectivity index (χ2v) is 7.10. The summed E-state index contributed by atoms with van der Waals surface area (Å²) in [7, 11) is 0. The number of alkyl halides is 3. The van der Waals surface area contributed by atoms with Crippen LogP contribution in [0.1, 0.15) is 40.7 Å². The van der Waals surface area contributed by atoms with Gasteiger partial charge in [0.25, 0.3) is 5.91 Å². The van der Waals surface area contributed by atoms with E-state index < -0.39 is 23.5 Å². The van der Waals surface area contributed by atoms with Crippen LogP contribution in [0, 0.1) is 5.82 Å². The smallest absolute Gasteiger partial charge is 0.349 e. The van der Waals surface area contributed by atoms with Gasteiger partial charge in [-0.15, -0.1) is 0 Å². The molecule has 7 heteroatoms. The van der Waals surface area contributed by atoms with Crippen LogP contribution in [0.15, 0.2) is 48.7 Å². The van der Waals surface area contributed by atoms with Crippen LogP contribution in [0.25, 0.3) is 10.9 Å². The van der Waals surface area contributed by atoms with Crippen LogP contribution in [-0.2, 0) is 12.7 Å². The SMILES string of the molecule is O=C(NC1CCC1)c1c(F)ccc2ccn(Cc3ccc(C(F)(F)F)cc3)c12. The maximum atomic E-state index is 14.5. The molecule has 1 aliphatic carbocycles. The summed E-state index contributed by atoms with van der Waals surface area (Å²) in [5, 5.41) is 3.55. The van der Waals surface area contributed by atoms with Crippen LogP contribution in [0.5, 0.6) is 0 Å². The average molecular weight is 390 g/mol. The highest BCUT2D eigenvalue weighted by Crippen LogP contribution is 2.30. The van der Waals surface area contributed by atoms with E-state index in [1.165, 1.54) is 18.2 Å². The lowest BCUT2D eigenvalue weighted by molar-refractivity contribution is -0.137. The zero-order valence-corrected chi connectivity index (χ0v) is 14.9. The van der Waals surface area contributed by atoms with Crippen molar-refractivity contribution >= 4 is 16.8 Å². The quantitative estimate of drug-likeness (QED) is 0.616. The molecule has 1 saturated carbocycles. The molecule has 0 unspecified atom stereocenters. The van der Waals surface area contributed by atoms with Crippen molar-refractivity contribution in [2.75, 3.05) is 0 Å². The normalized spacial score (nSPS) is 14.9. The molecule has 28 heavy (non-hydrogen) atoms. The fourth-order valence-corrected chi connectivity index (χ4v) is 3.43. The number of aromatic nitrogens is 1. The van der Waals surface area contributed by atoms with Gasteiger partial charge < -0.3 is 9.88 Å². The molecule has 0 radical (unpaired) electrons. The van der Waals surface area contributed by atoms with Gasteiger partial charge in [0.1, 0.15) is 5.82 Å². The Morgan fingerprint density at radius 1 is 1.07 bits per heavy atom. The van der Waals surface area contributed by atoms with Crippen molar-refractivity contribution in [1.29, 1.82) is 0 Å². The summed E-state index contributed by atoms with van der Waals surface area (Å²) in [4.78, 5) is 12.7. The first-order valence-electron chi connectivity index (χ1n) is 9.07. The first-order valence-corrected chi connectivity index (χ1v) is 9.07. The molecule has 1 heterocycles. The molecule has 1 aliphatic rings. The summed E-state index contributed by atoms with van der Waals surface area (Å²) < 4.78 is 54.4. The van der Waals surface area contributed by atoms with E-state index in [-0.39, 0.29) is 18.2 Å². The van der Waals surface area contributed by atoms with Gasteiger partial charge in [-0.2, -0.15) is 13.2 Å². The lowest BCUT2D eigenvalue weighted by Gasteiger charge is -2.26. The van der Waals surface area contributed by atoms with Crippen LogP contribution in [0.2, 0.25) is 0 Å². The fourth-order valence-electron chi connectivity index (χ4n) is 3.43. The average Bonchev–Trinajstić information content (AvgIpc) is 3.00. The van der Waals surface area contributed by atoms with E-state index >= 15 is 0 Å². The van der Waals surface area contributed by atoms with Crippen molar-refractivity contribution in [2.45, 2.75) is 38.0 Å². The van der Waals surface area contributed by atoms with Gasteiger partial charge in [0, 0.05) is 24.2 Å². The fraction of sp³-hybridized carbons (Fsp3) is 0.286. The minimum absolute atomic E-state index is 0.0266. The van der Waals surface area contributed by atoms with Crippen LogP contribution in [0.4, 0.5) is 17.6 Å². The molecule has 146 valence electrons. The van der Waals surface area contributed by atoms with Crippen LogP contribution < -0.4 is 5.32 Å². The molecule has 0 bridgehead atoms. The van der Waals surface area contributed by atoms with Gasteiger partial charge in [0.2, 0.25) is 0 Å². The Morgan fingerprint density at radius 3 is 2.39 bits per heavy atom. The number of carbonyl (C=O) groups is 1. The Kier molecular flexibility index (Phi) is 4.61. The summed E-state index contributed by atoms with van der Waals surface area (Å²) in [6.07, 6.45) is 0.129. The summed E-state index contributed by atoms with van der Waals surface area (Å²) >= 11 is 0. The van der Waals surface area contributed by atoms with Gasteiger partial charge in [-0.3, -0.25) is 4.79 Å². The Morgan fingerprint density at radius 2 is 1.79 bits per heavy atom. The largest absolute Gasteiger partial charge is 0.416 e. The zero-order chi connectivity index (χ0) is 19.9. The van der Waals surface area contributed by atoms with Crippen molar-refractivity contribution in [3.8, 4) is 0 Å². The molecular weight excluding hydrogens is 372 g/mol. The molecule has 0 spiro atoms. The lowest BCUT2D eigenvalue weighted by atomic mass is 9.93. The Bertz CT molecular complexity index is 1020. The molecule has 1 amide bonds. The Balaban J connectivity index is 1.67. The zero-order valence-electron chi connectivity index (χ0n) is 14.9. The standard InChI is InChI=1S/C21H18F4N2O/c22-17-9-6-14-10-11-27(12-13-4-7-15(8-5-13)21(23,24)25)19(14)18(17)20(28)26-16-2-1-3-16/h4-11,16H,1-3,12H2,(H,26,28). The molecular formula is C21H18F4N2O. The van der Waals surface area contributed by atoms with Gasteiger partial charge in [-0.25, -0.2) is 4.39 Å². The summed E-state index contributed by atoms with van der Waals surface area (Å²) in [5.41, 5.74) is 0.318. The maximum Gasteiger partial charge on any atom is 0.416 e. The Labute approximate surface area is 159 Å². The molecule has 0 saturated heterocycles. The number of hydrogen-bond donors (Lipinski definition) is 1. The van der Waals surface area contributed by atoms with E-state index in [2.05, 4.69) is 5.32 Å². The van der Waals surface area contributed by atoms with Crippen molar-refractivity contribution in [1.82, 2.24) is 9.88 Å². The number of nitrogens with one attached hydrogen (secondary N) is 1. The van der Waals surface area contributed by atoms with Crippen molar-refractivity contribution in [2.24, 2.45) is 0 Å². The van der Waals surface area contributed by atoms with Crippen LogP contribution in [-0.4, -0.2) is 16.5 Å². The van der Waals surface area contributed by atoms with E-state index in [4.69, 9.17) is 0 Å². The van der Waals surface area contributed by atoms with Crippen molar-refractivity contribution < 1.29 is 22.4 Å². The van der Waals surface area contributed by atoms with Crippen LogP contribution >= 0.6 is 0 Å². The molecule has 4 rings (SSSR count). The third-order valence-corrected chi connectivity index (χ3v) is 5.18. The molecule has 1 N–H and O–H groups in total. The second-order valence-electron chi connectivity index (χ2n) is 7.10. The minimum atomic E-state index is -4.39. The molecule has 3 aromatic rings. The lowest BCUT2D eigenvalue weighted by Crippen LogP contribution is -2.40. The number of fused-ring (bicyclic) bond motifs is 1. The summed E-state index contributed by atoms with van der Waals surface area (Å²) in [5.74, 6) is -1.07. The van der Waals surface area contributed by atoms with Crippen molar-refractivity contribution in [3.05, 3.63) is 71.2 Å². The van der Waals surface area contributed by atoms with Gasteiger partial charge in [-0.1, -0.05) is 12.1 Å². The number of nitrogens with zero attached hydrogens (tertiary/aromatic N) is 1. The summed E-state index contributed by atoms with van der Waals surface area (Å²) in [6.45, 7) is 0.231. The van der Waals surface area contributed by atoms with E-state index in [9.17, 15) is 22.4 Å².